The fourth-order valence-corrected chi connectivity index (χ4v) is 3.87. The largest absolute Gasteiger partial charge is 0.317 e. The van der Waals surface area contributed by atoms with Gasteiger partial charge in [0.1, 0.15) is 0 Å². The van der Waals surface area contributed by atoms with Gasteiger partial charge in [-0.25, -0.2) is 0 Å². The second-order valence-corrected chi connectivity index (χ2v) is 6.68. The van der Waals surface area contributed by atoms with Crippen molar-refractivity contribution in [2.45, 2.75) is 45.4 Å². The first-order valence-corrected chi connectivity index (χ1v) is 8.61. The molecule has 1 N–H and O–H groups in total. The monoisotopic (exact) mass is 313 g/mol. The Morgan fingerprint density at radius 2 is 1.70 bits per heavy atom. The Kier molecular flexibility index (Phi) is 6.67. The fraction of sp³-hybridized carbons (Fsp3) is 0.647. The van der Waals surface area contributed by atoms with Crippen molar-refractivity contribution in [1.82, 2.24) is 5.32 Å². The number of hydrogen-bond acceptors (Lipinski definition) is 1. The third-order valence-electron chi connectivity index (χ3n) is 4.50. The molecule has 0 aliphatic heterocycles. The molecule has 0 saturated heterocycles. The van der Waals surface area contributed by atoms with Crippen LogP contribution in [0.3, 0.4) is 0 Å². The molecule has 1 aromatic rings. The van der Waals surface area contributed by atoms with Crippen molar-refractivity contribution < 1.29 is 0 Å². The van der Waals surface area contributed by atoms with Crippen molar-refractivity contribution in [1.29, 1.82) is 0 Å². The molecule has 0 heterocycles. The molecule has 0 amide bonds. The lowest BCUT2D eigenvalue weighted by Gasteiger charge is -2.26. The van der Waals surface area contributed by atoms with E-state index in [2.05, 4.69) is 12.2 Å². The summed E-state index contributed by atoms with van der Waals surface area (Å²) in [6, 6.07) is 5.84. The summed E-state index contributed by atoms with van der Waals surface area (Å²) >= 11 is 12.7. The van der Waals surface area contributed by atoms with E-state index in [1.165, 1.54) is 32.1 Å². The van der Waals surface area contributed by atoms with Crippen LogP contribution in [0.1, 0.15) is 44.6 Å². The van der Waals surface area contributed by atoms with Crippen molar-refractivity contribution in [3.05, 3.63) is 33.8 Å². The first-order valence-electron chi connectivity index (χ1n) is 7.86. The van der Waals surface area contributed by atoms with E-state index in [0.717, 1.165) is 41.0 Å². The molecule has 20 heavy (non-hydrogen) atoms. The van der Waals surface area contributed by atoms with Gasteiger partial charge in [0, 0.05) is 10.0 Å². The minimum atomic E-state index is 0.703. The minimum absolute atomic E-state index is 0.703. The Labute approximate surface area is 133 Å². The number of rotatable bonds is 5. The predicted molar refractivity (Wildman–Crippen MR) is 88.8 cm³/mol. The Morgan fingerprint density at radius 1 is 1.05 bits per heavy atom. The van der Waals surface area contributed by atoms with Gasteiger partial charge in [0.2, 0.25) is 0 Å². The maximum atomic E-state index is 6.34. The predicted octanol–water partition coefficient (Wildman–Crippen LogP) is 5.34. The first kappa shape index (κ1) is 16.1. The van der Waals surface area contributed by atoms with Crippen molar-refractivity contribution in [2.75, 3.05) is 13.1 Å². The summed E-state index contributed by atoms with van der Waals surface area (Å²) in [5, 5.41) is 5.17. The Bertz CT molecular complexity index is 399. The van der Waals surface area contributed by atoms with Crippen LogP contribution in [0, 0.1) is 11.8 Å². The van der Waals surface area contributed by atoms with E-state index in [0.29, 0.717) is 5.92 Å². The quantitative estimate of drug-likeness (QED) is 0.723. The summed E-state index contributed by atoms with van der Waals surface area (Å²) in [7, 11) is 0. The lowest BCUT2D eigenvalue weighted by Crippen LogP contribution is -2.28. The zero-order valence-electron chi connectivity index (χ0n) is 12.3. The molecule has 2 rings (SSSR count). The summed E-state index contributed by atoms with van der Waals surface area (Å²) < 4.78 is 0. The molecule has 1 nitrogen and oxygen atoms in total. The molecule has 2 unspecified atom stereocenters. The van der Waals surface area contributed by atoms with Gasteiger partial charge in [-0.05, 0) is 61.9 Å². The van der Waals surface area contributed by atoms with Gasteiger partial charge in [0.15, 0.2) is 0 Å². The third kappa shape index (κ3) is 4.38. The van der Waals surface area contributed by atoms with Crippen LogP contribution in [-0.2, 0) is 6.42 Å². The van der Waals surface area contributed by atoms with E-state index < -0.39 is 0 Å². The van der Waals surface area contributed by atoms with Gasteiger partial charge >= 0.3 is 0 Å². The molecular formula is C17H25Cl2N. The standard InChI is InChI=1S/C17H25Cl2N/c1-2-20-12-14-8-5-3-4-7-13(14)11-15-16(18)9-6-10-17(15)19/h6,9-10,13-14,20H,2-5,7-8,11-12H2,1H3. The molecule has 1 fully saturated rings. The summed E-state index contributed by atoms with van der Waals surface area (Å²) in [5.41, 5.74) is 1.14. The van der Waals surface area contributed by atoms with E-state index in [1.807, 2.05) is 18.2 Å². The molecule has 0 aromatic heterocycles. The highest BCUT2D eigenvalue weighted by Gasteiger charge is 2.25. The van der Waals surface area contributed by atoms with Crippen LogP contribution < -0.4 is 5.32 Å². The lowest BCUT2D eigenvalue weighted by molar-refractivity contribution is 0.300. The van der Waals surface area contributed by atoms with Crippen LogP contribution in [0.15, 0.2) is 18.2 Å². The maximum Gasteiger partial charge on any atom is 0.0452 e. The smallest absolute Gasteiger partial charge is 0.0452 e. The van der Waals surface area contributed by atoms with Crippen molar-refractivity contribution >= 4 is 23.2 Å². The molecule has 1 saturated carbocycles. The normalized spacial score (nSPS) is 23.6. The molecule has 1 aliphatic carbocycles. The second kappa shape index (κ2) is 8.26. The van der Waals surface area contributed by atoms with E-state index in [4.69, 9.17) is 23.2 Å². The molecule has 0 bridgehead atoms. The highest BCUT2D eigenvalue weighted by Crippen LogP contribution is 2.35. The maximum absolute atomic E-state index is 6.34. The van der Waals surface area contributed by atoms with Crippen molar-refractivity contribution in [3.8, 4) is 0 Å². The lowest BCUT2D eigenvalue weighted by atomic mass is 9.83. The Balaban J connectivity index is 2.10. The van der Waals surface area contributed by atoms with Crippen molar-refractivity contribution in [2.24, 2.45) is 11.8 Å². The van der Waals surface area contributed by atoms with Gasteiger partial charge in [-0.2, -0.15) is 0 Å². The topological polar surface area (TPSA) is 12.0 Å². The molecular weight excluding hydrogens is 289 g/mol. The zero-order valence-corrected chi connectivity index (χ0v) is 13.8. The molecule has 0 spiro atoms. The summed E-state index contributed by atoms with van der Waals surface area (Å²) in [5.74, 6) is 1.46. The summed E-state index contributed by atoms with van der Waals surface area (Å²) in [6.07, 6.45) is 7.74. The van der Waals surface area contributed by atoms with Gasteiger partial charge < -0.3 is 5.32 Å². The van der Waals surface area contributed by atoms with E-state index in [9.17, 15) is 0 Å². The average molecular weight is 314 g/mol. The number of halogens is 2. The molecule has 1 aliphatic rings. The number of hydrogen-bond donors (Lipinski definition) is 1. The van der Waals surface area contributed by atoms with Crippen LogP contribution in [-0.4, -0.2) is 13.1 Å². The SMILES string of the molecule is CCNCC1CCCCCC1Cc1c(Cl)cccc1Cl. The molecule has 1 aromatic carbocycles. The van der Waals surface area contributed by atoms with Crippen LogP contribution in [0.5, 0.6) is 0 Å². The molecule has 112 valence electrons. The second-order valence-electron chi connectivity index (χ2n) is 5.87. The van der Waals surface area contributed by atoms with E-state index >= 15 is 0 Å². The fourth-order valence-electron chi connectivity index (χ4n) is 3.32. The number of benzene rings is 1. The van der Waals surface area contributed by atoms with Gasteiger partial charge in [-0.15, -0.1) is 0 Å². The first-order chi connectivity index (χ1) is 9.72. The van der Waals surface area contributed by atoms with Gasteiger partial charge in [0.25, 0.3) is 0 Å². The average Bonchev–Trinajstić information content (AvgIpc) is 2.66. The van der Waals surface area contributed by atoms with Crippen LogP contribution >= 0.6 is 23.2 Å². The van der Waals surface area contributed by atoms with E-state index in [-0.39, 0.29) is 0 Å². The highest BCUT2D eigenvalue weighted by molar-refractivity contribution is 6.35. The highest BCUT2D eigenvalue weighted by atomic mass is 35.5. The Hall–Kier alpha value is -0.240. The minimum Gasteiger partial charge on any atom is -0.317 e. The summed E-state index contributed by atoms with van der Waals surface area (Å²) in [6.45, 7) is 4.36. The van der Waals surface area contributed by atoms with Gasteiger partial charge in [0.05, 0.1) is 0 Å². The van der Waals surface area contributed by atoms with Gasteiger partial charge in [-0.1, -0.05) is 55.5 Å². The van der Waals surface area contributed by atoms with Gasteiger partial charge in [-0.3, -0.25) is 0 Å². The van der Waals surface area contributed by atoms with E-state index in [1.54, 1.807) is 0 Å². The van der Waals surface area contributed by atoms with Crippen molar-refractivity contribution in [3.63, 3.8) is 0 Å². The molecule has 3 heteroatoms. The summed E-state index contributed by atoms with van der Waals surface area (Å²) in [4.78, 5) is 0. The Morgan fingerprint density at radius 3 is 2.35 bits per heavy atom. The van der Waals surface area contributed by atoms with Crippen LogP contribution in [0.4, 0.5) is 0 Å². The number of nitrogens with one attached hydrogen (secondary N) is 1. The molecule has 0 radical (unpaired) electrons. The molecule has 2 atom stereocenters. The third-order valence-corrected chi connectivity index (χ3v) is 5.21. The van der Waals surface area contributed by atoms with Crippen LogP contribution in [0.2, 0.25) is 10.0 Å². The van der Waals surface area contributed by atoms with Crippen LogP contribution in [0.25, 0.3) is 0 Å². The zero-order chi connectivity index (χ0) is 14.4.